The number of urea groups is 1. The fraction of sp³-hybridized carbons (Fsp3) is 0.211. The van der Waals surface area contributed by atoms with Gasteiger partial charge in [0.05, 0.1) is 6.21 Å². The molecule has 0 spiro atoms. The summed E-state index contributed by atoms with van der Waals surface area (Å²) in [7, 11) is 0. The fourth-order valence-corrected chi connectivity index (χ4v) is 2.92. The van der Waals surface area contributed by atoms with E-state index in [1.165, 1.54) is 6.21 Å². The lowest BCUT2D eigenvalue weighted by molar-refractivity contribution is -0.130. The normalized spacial score (nSPS) is 20.3. The Morgan fingerprint density at radius 3 is 2.48 bits per heavy atom. The second kappa shape index (κ2) is 7.19. The van der Waals surface area contributed by atoms with Gasteiger partial charge in [-0.05, 0) is 43.0 Å². The molecule has 25 heavy (non-hydrogen) atoms. The molecule has 6 heteroatoms. The van der Waals surface area contributed by atoms with E-state index in [1.54, 1.807) is 6.92 Å². The summed E-state index contributed by atoms with van der Waals surface area (Å²) in [6.45, 7) is 1.74. The molecular weight excluding hydrogens is 382 g/mol. The van der Waals surface area contributed by atoms with Crippen LogP contribution < -0.4 is 5.32 Å². The topological polar surface area (TPSA) is 61.8 Å². The molecular formula is C19H18BrN3O2. The maximum atomic E-state index is 12.7. The highest BCUT2D eigenvalue weighted by Gasteiger charge is 2.47. The molecule has 1 aliphatic heterocycles. The lowest BCUT2D eigenvalue weighted by Crippen LogP contribution is -2.44. The number of rotatable bonds is 5. The number of nitrogens with one attached hydrogen (secondary N) is 1. The number of halogens is 1. The molecule has 0 aromatic heterocycles. The number of carbonyl (C=O) groups excluding carboxylic acids is 2. The molecule has 0 aliphatic carbocycles. The monoisotopic (exact) mass is 399 g/mol. The van der Waals surface area contributed by atoms with Crippen LogP contribution in [-0.4, -0.2) is 28.7 Å². The Hall–Kier alpha value is -2.47. The molecule has 0 saturated carbocycles. The van der Waals surface area contributed by atoms with Crippen LogP contribution in [0.1, 0.15) is 24.5 Å². The summed E-state index contributed by atoms with van der Waals surface area (Å²) in [6, 6.07) is 16.8. The summed E-state index contributed by atoms with van der Waals surface area (Å²) in [6.07, 6.45) is 2.73. The molecule has 0 bridgehead atoms. The largest absolute Gasteiger partial charge is 0.346 e. The zero-order chi connectivity index (χ0) is 17.9. The average Bonchev–Trinajstić information content (AvgIpc) is 2.83. The first-order valence-electron chi connectivity index (χ1n) is 7.98. The lowest BCUT2D eigenvalue weighted by atomic mass is 9.93. The SMILES string of the molecule is C[C@]1(CCc2ccccc2)NC(=O)N(/N=C\c2ccc(Br)cc2)C1=O. The third-order valence-electron chi connectivity index (χ3n) is 4.19. The van der Waals surface area contributed by atoms with Gasteiger partial charge < -0.3 is 5.32 Å². The number of hydrogen-bond donors (Lipinski definition) is 1. The van der Waals surface area contributed by atoms with E-state index in [9.17, 15) is 9.59 Å². The number of nitrogens with zero attached hydrogens (tertiary/aromatic N) is 2. The summed E-state index contributed by atoms with van der Waals surface area (Å²) in [5.41, 5.74) is 0.994. The van der Waals surface area contributed by atoms with Crippen LogP contribution in [-0.2, 0) is 11.2 Å². The molecule has 1 fully saturated rings. The van der Waals surface area contributed by atoms with Gasteiger partial charge in [-0.1, -0.05) is 58.4 Å². The van der Waals surface area contributed by atoms with Crippen LogP contribution in [0.2, 0.25) is 0 Å². The molecule has 1 heterocycles. The van der Waals surface area contributed by atoms with Crippen molar-refractivity contribution in [1.82, 2.24) is 10.3 Å². The van der Waals surface area contributed by atoms with Crippen LogP contribution in [0, 0.1) is 0 Å². The van der Waals surface area contributed by atoms with Crippen LogP contribution in [0.3, 0.4) is 0 Å². The Balaban J connectivity index is 1.69. The summed E-state index contributed by atoms with van der Waals surface area (Å²) < 4.78 is 0.952. The first kappa shape index (κ1) is 17.4. The maximum absolute atomic E-state index is 12.7. The van der Waals surface area contributed by atoms with Gasteiger partial charge in [-0.2, -0.15) is 5.10 Å². The van der Waals surface area contributed by atoms with Gasteiger partial charge in [0, 0.05) is 4.47 Å². The van der Waals surface area contributed by atoms with Gasteiger partial charge in [0.2, 0.25) is 0 Å². The number of imide groups is 1. The fourth-order valence-electron chi connectivity index (χ4n) is 2.65. The quantitative estimate of drug-likeness (QED) is 0.614. The highest BCUT2D eigenvalue weighted by Crippen LogP contribution is 2.23. The highest BCUT2D eigenvalue weighted by atomic mass is 79.9. The van der Waals surface area contributed by atoms with E-state index in [2.05, 4.69) is 26.3 Å². The Labute approximate surface area is 154 Å². The van der Waals surface area contributed by atoms with Crippen molar-refractivity contribution in [2.24, 2.45) is 5.10 Å². The highest BCUT2D eigenvalue weighted by molar-refractivity contribution is 9.10. The number of benzene rings is 2. The van der Waals surface area contributed by atoms with Crippen molar-refractivity contribution in [2.45, 2.75) is 25.3 Å². The molecule has 128 valence electrons. The molecule has 1 saturated heterocycles. The predicted molar refractivity (Wildman–Crippen MR) is 100 cm³/mol. The third-order valence-corrected chi connectivity index (χ3v) is 4.72. The van der Waals surface area contributed by atoms with Gasteiger partial charge >= 0.3 is 6.03 Å². The molecule has 2 aromatic rings. The van der Waals surface area contributed by atoms with Gasteiger partial charge in [-0.3, -0.25) is 4.79 Å². The molecule has 3 rings (SSSR count). The summed E-state index contributed by atoms with van der Waals surface area (Å²) in [4.78, 5) is 24.8. The van der Waals surface area contributed by atoms with Crippen molar-refractivity contribution in [3.8, 4) is 0 Å². The minimum atomic E-state index is -0.940. The Morgan fingerprint density at radius 1 is 1.12 bits per heavy atom. The lowest BCUT2D eigenvalue weighted by Gasteiger charge is -2.20. The number of aryl methyl sites for hydroxylation is 1. The van der Waals surface area contributed by atoms with Gasteiger partial charge in [0.25, 0.3) is 5.91 Å². The van der Waals surface area contributed by atoms with Crippen LogP contribution in [0.25, 0.3) is 0 Å². The van der Waals surface area contributed by atoms with Gasteiger partial charge in [-0.15, -0.1) is 5.01 Å². The minimum absolute atomic E-state index is 0.332. The Kier molecular flexibility index (Phi) is 4.99. The van der Waals surface area contributed by atoms with Gasteiger partial charge in [-0.25, -0.2) is 4.79 Å². The van der Waals surface area contributed by atoms with Crippen molar-refractivity contribution < 1.29 is 9.59 Å². The molecule has 1 aliphatic rings. The van der Waals surface area contributed by atoms with Crippen molar-refractivity contribution >= 4 is 34.1 Å². The van der Waals surface area contributed by atoms with E-state index in [0.29, 0.717) is 12.8 Å². The second-order valence-corrected chi connectivity index (χ2v) is 7.08. The number of amides is 3. The van der Waals surface area contributed by atoms with Gasteiger partial charge in [0.1, 0.15) is 5.54 Å². The van der Waals surface area contributed by atoms with E-state index >= 15 is 0 Å². The smallest absolute Gasteiger partial charge is 0.322 e. The van der Waals surface area contributed by atoms with E-state index in [0.717, 1.165) is 20.6 Å². The zero-order valence-electron chi connectivity index (χ0n) is 13.8. The number of hydrogen-bond acceptors (Lipinski definition) is 3. The van der Waals surface area contributed by atoms with Crippen molar-refractivity contribution in [1.29, 1.82) is 0 Å². The number of hydrazone groups is 1. The molecule has 1 atom stereocenters. The van der Waals surface area contributed by atoms with Gasteiger partial charge in [0.15, 0.2) is 0 Å². The summed E-state index contributed by atoms with van der Waals surface area (Å²) in [5, 5.41) is 7.74. The van der Waals surface area contributed by atoms with E-state index < -0.39 is 11.6 Å². The zero-order valence-corrected chi connectivity index (χ0v) is 15.4. The Morgan fingerprint density at radius 2 is 1.80 bits per heavy atom. The average molecular weight is 400 g/mol. The van der Waals surface area contributed by atoms with Crippen LogP contribution >= 0.6 is 15.9 Å². The molecule has 3 amide bonds. The van der Waals surface area contributed by atoms with E-state index in [1.807, 2.05) is 54.6 Å². The summed E-state index contributed by atoms with van der Waals surface area (Å²) in [5.74, 6) is -0.332. The molecule has 1 N–H and O–H groups in total. The molecule has 5 nitrogen and oxygen atoms in total. The van der Waals surface area contributed by atoms with Crippen LogP contribution in [0.4, 0.5) is 4.79 Å². The minimum Gasteiger partial charge on any atom is -0.322 e. The first-order valence-corrected chi connectivity index (χ1v) is 8.77. The van der Waals surface area contributed by atoms with E-state index in [4.69, 9.17) is 0 Å². The van der Waals surface area contributed by atoms with Crippen molar-refractivity contribution in [2.75, 3.05) is 0 Å². The predicted octanol–water partition coefficient (Wildman–Crippen LogP) is 3.73. The van der Waals surface area contributed by atoms with Crippen molar-refractivity contribution in [3.05, 3.63) is 70.2 Å². The third kappa shape index (κ3) is 3.96. The number of carbonyl (C=O) groups is 2. The standard InChI is InChI=1S/C19H18BrN3O2/c1-19(12-11-14-5-3-2-4-6-14)17(24)23(18(25)22-19)21-13-15-7-9-16(20)10-8-15/h2-10,13H,11-12H2,1H3,(H,22,25)/b21-13-/t19-/m1/s1. The molecule has 2 aromatic carbocycles. The first-order chi connectivity index (χ1) is 12.0. The molecule has 0 unspecified atom stereocenters. The second-order valence-electron chi connectivity index (χ2n) is 6.16. The summed E-state index contributed by atoms with van der Waals surface area (Å²) >= 11 is 3.36. The maximum Gasteiger partial charge on any atom is 0.346 e. The van der Waals surface area contributed by atoms with Crippen molar-refractivity contribution in [3.63, 3.8) is 0 Å². The van der Waals surface area contributed by atoms with E-state index in [-0.39, 0.29) is 5.91 Å². The van der Waals surface area contributed by atoms with Crippen LogP contribution in [0.5, 0.6) is 0 Å². The molecule has 0 radical (unpaired) electrons. The Bertz CT molecular complexity index is 805. The van der Waals surface area contributed by atoms with Crippen LogP contribution in [0.15, 0.2) is 64.2 Å².